The number of para-hydroxylation sites is 1. The standard InChI is InChI=1S/C15H17FNO3P/c1-3-19-13-8-6-7-12(11-13)17-21(2,18)20-15-10-5-4-9-14(15)16/h4-11H,3H2,1-2H3,(H,17,18)/t21-/m1/s1. The minimum absolute atomic E-state index is 0.0446. The largest absolute Gasteiger partial charge is 0.494 e. The molecule has 0 amide bonds. The van der Waals surface area contributed by atoms with Crippen LogP contribution in [0.25, 0.3) is 0 Å². The van der Waals surface area contributed by atoms with Gasteiger partial charge in [0.15, 0.2) is 11.6 Å². The molecule has 6 heteroatoms. The Bertz CT molecular complexity index is 663. The predicted molar refractivity (Wildman–Crippen MR) is 81.8 cm³/mol. The third kappa shape index (κ3) is 4.50. The molecule has 1 N–H and O–H groups in total. The second-order valence-corrected chi connectivity index (χ2v) is 6.54. The first-order valence-electron chi connectivity index (χ1n) is 6.53. The molecular formula is C15H17FNO3P. The van der Waals surface area contributed by atoms with Gasteiger partial charge in [0.05, 0.1) is 6.61 Å². The Kier molecular flexibility index (Phi) is 4.86. The second kappa shape index (κ2) is 6.64. The molecule has 0 fully saturated rings. The highest BCUT2D eigenvalue weighted by atomic mass is 31.2. The molecule has 2 aromatic rings. The molecular weight excluding hydrogens is 292 g/mol. The van der Waals surface area contributed by atoms with E-state index in [0.29, 0.717) is 18.0 Å². The molecule has 0 aliphatic carbocycles. The third-order valence-corrected chi connectivity index (χ3v) is 3.80. The van der Waals surface area contributed by atoms with Crippen LogP contribution in [0.3, 0.4) is 0 Å². The van der Waals surface area contributed by atoms with E-state index in [9.17, 15) is 8.96 Å². The molecule has 1 atom stereocenters. The Morgan fingerprint density at radius 1 is 1.19 bits per heavy atom. The quantitative estimate of drug-likeness (QED) is 0.796. The fraction of sp³-hybridized carbons (Fsp3) is 0.200. The molecule has 0 heterocycles. The van der Waals surface area contributed by atoms with Gasteiger partial charge in [-0.3, -0.25) is 4.57 Å². The van der Waals surface area contributed by atoms with E-state index in [1.54, 1.807) is 36.4 Å². The number of hydrogen-bond donors (Lipinski definition) is 1. The molecule has 0 spiro atoms. The van der Waals surface area contributed by atoms with E-state index in [-0.39, 0.29) is 5.75 Å². The number of ether oxygens (including phenoxy) is 1. The molecule has 4 nitrogen and oxygen atoms in total. The van der Waals surface area contributed by atoms with Gasteiger partial charge in [0.1, 0.15) is 5.75 Å². The summed E-state index contributed by atoms with van der Waals surface area (Å²) in [5, 5.41) is 2.78. The first-order chi connectivity index (χ1) is 10.00. The van der Waals surface area contributed by atoms with E-state index in [0.717, 1.165) is 0 Å². The van der Waals surface area contributed by atoms with Crippen LogP contribution >= 0.6 is 7.52 Å². The lowest BCUT2D eigenvalue weighted by Crippen LogP contribution is -2.03. The smallest absolute Gasteiger partial charge is 0.338 e. The lowest BCUT2D eigenvalue weighted by molar-refractivity contribution is 0.340. The highest BCUT2D eigenvalue weighted by molar-refractivity contribution is 7.60. The molecule has 0 radical (unpaired) electrons. The van der Waals surface area contributed by atoms with Gasteiger partial charge >= 0.3 is 7.52 Å². The van der Waals surface area contributed by atoms with E-state index >= 15 is 0 Å². The van der Waals surface area contributed by atoms with Crippen molar-refractivity contribution < 1.29 is 18.2 Å². The number of benzene rings is 2. The van der Waals surface area contributed by atoms with Gasteiger partial charge in [0.25, 0.3) is 0 Å². The first-order valence-corrected chi connectivity index (χ1v) is 8.60. The average Bonchev–Trinajstić information content (AvgIpc) is 2.41. The Balaban J connectivity index is 2.12. The summed E-state index contributed by atoms with van der Waals surface area (Å²) in [4.78, 5) is 0. The highest BCUT2D eigenvalue weighted by Gasteiger charge is 2.19. The predicted octanol–water partition coefficient (Wildman–Crippen LogP) is 4.54. The van der Waals surface area contributed by atoms with Crippen molar-refractivity contribution in [3.63, 3.8) is 0 Å². The van der Waals surface area contributed by atoms with Crippen LogP contribution in [0.15, 0.2) is 48.5 Å². The minimum Gasteiger partial charge on any atom is -0.494 e. The molecule has 0 aromatic heterocycles. The molecule has 0 unspecified atom stereocenters. The Morgan fingerprint density at radius 2 is 1.95 bits per heavy atom. The van der Waals surface area contributed by atoms with Crippen molar-refractivity contribution in [3.05, 3.63) is 54.3 Å². The maximum Gasteiger partial charge on any atom is 0.338 e. The monoisotopic (exact) mass is 309 g/mol. The van der Waals surface area contributed by atoms with Gasteiger partial charge < -0.3 is 14.3 Å². The van der Waals surface area contributed by atoms with Crippen LogP contribution in [-0.2, 0) is 4.57 Å². The highest BCUT2D eigenvalue weighted by Crippen LogP contribution is 2.44. The SMILES string of the molecule is CCOc1cccc(N[P@](C)(=O)Oc2ccccc2F)c1. The molecule has 0 bridgehead atoms. The molecule has 0 aliphatic heterocycles. The summed E-state index contributed by atoms with van der Waals surface area (Å²) in [6.07, 6.45) is 0. The van der Waals surface area contributed by atoms with Gasteiger partial charge in [0.2, 0.25) is 0 Å². The normalized spacial score (nSPS) is 13.3. The summed E-state index contributed by atoms with van der Waals surface area (Å²) < 4.78 is 36.6. The van der Waals surface area contributed by atoms with Gasteiger partial charge in [-0.15, -0.1) is 0 Å². The van der Waals surface area contributed by atoms with Crippen molar-refractivity contribution in [2.24, 2.45) is 0 Å². The molecule has 0 saturated carbocycles. The van der Waals surface area contributed by atoms with Crippen LogP contribution in [0.4, 0.5) is 10.1 Å². The topological polar surface area (TPSA) is 47.6 Å². The fourth-order valence-electron chi connectivity index (χ4n) is 1.79. The van der Waals surface area contributed by atoms with Crippen LogP contribution < -0.4 is 14.3 Å². The van der Waals surface area contributed by atoms with Crippen molar-refractivity contribution in [1.29, 1.82) is 0 Å². The zero-order chi connectivity index (χ0) is 15.3. The zero-order valence-electron chi connectivity index (χ0n) is 11.9. The van der Waals surface area contributed by atoms with Gasteiger partial charge in [0, 0.05) is 18.4 Å². The van der Waals surface area contributed by atoms with E-state index in [4.69, 9.17) is 9.26 Å². The van der Waals surface area contributed by atoms with Crippen LogP contribution in [0.1, 0.15) is 6.92 Å². The average molecular weight is 309 g/mol. The molecule has 2 aromatic carbocycles. The molecule has 2 rings (SSSR count). The Hall–Kier alpha value is -2.00. The van der Waals surface area contributed by atoms with Crippen molar-refractivity contribution >= 4 is 13.2 Å². The van der Waals surface area contributed by atoms with Crippen molar-refractivity contribution in [1.82, 2.24) is 0 Å². The van der Waals surface area contributed by atoms with Crippen molar-refractivity contribution in [3.8, 4) is 11.5 Å². The number of rotatable bonds is 6. The van der Waals surface area contributed by atoms with Gasteiger partial charge in [-0.1, -0.05) is 18.2 Å². The summed E-state index contributed by atoms with van der Waals surface area (Å²) in [7, 11) is -3.25. The summed E-state index contributed by atoms with van der Waals surface area (Å²) in [6, 6.07) is 12.9. The first kappa shape index (κ1) is 15.4. The van der Waals surface area contributed by atoms with Gasteiger partial charge in [-0.25, -0.2) is 4.39 Å². The third-order valence-electron chi connectivity index (χ3n) is 2.59. The molecule has 21 heavy (non-hydrogen) atoms. The summed E-state index contributed by atoms with van der Waals surface area (Å²) in [5.41, 5.74) is 0.586. The lowest BCUT2D eigenvalue weighted by Gasteiger charge is -2.18. The minimum atomic E-state index is -3.25. The molecule has 112 valence electrons. The van der Waals surface area contributed by atoms with E-state index in [1.807, 2.05) is 6.92 Å². The van der Waals surface area contributed by atoms with E-state index in [1.165, 1.54) is 18.8 Å². The van der Waals surface area contributed by atoms with Gasteiger partial charge in [-0.2, -0.15) is 0 Å². The second-order valence-electron chi connectivity index (χ2n) is 4.44. The zero-order valence-corrected chi connectivity index (χ0v) is 12.8. The summed E-state index contributed by atoms with van der Waals surface area (Å²) in [5.74, 6) is 0.0645. The summed E-state index contributed by atoms with van der Waals surface area (Å²) >= 11 is 0. The van der Waals surface area contributed by atoms with E-state index in [2.05, 4.69) is 5.09 Å². The number of halogens is 1. The van der Waals surface area contributed by atoms with Crippen LogP contribution in [0, 0.1) is 5.82 Å². The maximum atomic E-state index is 13.5. The van der Waals surface area contributed by atoms with Gasteiger partial charge in [-0.05, 0) is 31.2 Å². The maximum absolute atomic E-state index is 13.5. The number of nitrogens with one attached hydrogen (secondary N) is 1. The van der Waals surface area contributed by atoms with E-state index < -0.39 is 13.3 Å². The van der Waals surface area contributed by atoms with Crippen molar-refractivity contribution in [2.75, 3.05) is 18.4 Å². The van der Waals surface area contributed by atoms with Crippen molar-refractivity contribution in [2.45, 2.75) is 6.92 Å². The molecule has 0 saturated heterocycles. The number of hydrogen-bond acceptors (Lipinski definition) is 3. The van der Waals surface area contributed by atoms with Crippen LogP contribution in [-0.4, -0.2) is 13.3 Å². The molecule has 0 aliphatic rings. The Labute approximate surface area is 123 Å². The van der Waals surface area contributed by atoms with Crippen LogP contribution in [0.2, 0.25) is 0 Å². The fourth-order valence-corrected chi connectivity index (χ4v) is 2.96. The summed E-state index contributed by atoms with van der Waals surface area (Å²) in [6.45, 7) is 3.82. The van der Waals surface area contributed by atoms with Crippen LogP contribution in [0.5, 0.6) is 11.5 Å². The number of anilines is 1. The Morgan fingerprint density at radius 3 is 2.67 bits per heavy atom. The lowest BCUT2D eigenvalue weighted by atomic mass is 10.3.